The van der Waals surface area contributed by atoms with E-state index < -0.39 is 91.7 Å². The zero-order valence-electron chi connectivity index (χ0n) is 24.9. The van der Waals surface area contributed by atoms with Crippen LogP contribution in [0, 0.1) is 0 Å². The normalized spacial score (nSPS) is 29.7. The van der Waals surface area contributed by atoms with Gasteiger partial charge in [-0.25, -0.2) is 28.4 Å². The lowest BCUT2D eigenvalue weighted by molar-refractivity contribution is -0.765. The van der Waals surface area contributed by atoms with Gasteiger partial charge in [0.15, 0.2) is 41.5 Å². The first-order valence-corrected chi connectivity index (χ1v) is 18.6. The van der Waals surface area contributed by atoms with Crippen molar-refractivity contribution in [1.29, 1.82) is 0 Å². The van der Waals surface area contributed by atoms with Crippen LogP contribution in [-0.4, -0.2) is 110 Å². The highest BCUT2D eigenvalue weighted by atomic mass is 31.3. The van der Waals surface area contributed by atoms with Crippen LogP contribution in [0.5, 0.6) is 0 Å². The standard InChI is InChI=1S/C23H28N7O17P3/c24-19(34)11-2-1-4-28(6-11)22-17(33)15(31)12(44-22)7-42-49(38,39)47-50(40,41)43-8-13-16(32)18(46-48(35,36)37)23(45-13)30-10-26-14-20-25-3-5-29(20)9-27-21(14)30/h1-6,9-10,12-13,15-18,22-23,31-33H,7-8H2,(H5-,24,34,35,36,37,38,39,40,41)/t12-,13-,15-,16-,17-,18-,22-,23-/m1/s1. The average Bonchev–Trinajstić information content (AvgIpc) is 3.80. The molecule has 2 aliphatic heterocycles. The third-order valence-corrected chi connectivity index (χ3v) is 10.6. The highest BCUT2D eigenvalue weighted by molar-refractivity contribution is 7.60. The second-order valence-corrected chi connectivity index (χ2v) is 15.1. The van der Waals surface area contributed by atoms with Crippen LogP contribution >= 0.6 is 23.5 Å². The van der Waals surface area contributed by atoms with Gasteiger partial charge >= 0.3 is 15.6 Å². The number of aromatic nitrogens is 6. The molecule has 0 spiro atoms. The van der Waals surface area contributed by atoms with E-state index in [9.17, 15) is 53.4 Å². The van der Waals surface area contributed by atoms with Crippen molar-refractivity contribution < 1.29 is 85.3 Å². The lowest BCUT2D eigenvalue weighted by Crippen LogP contribution is -2.46. The predicted molar refractivity (Wildman–Crippen MR) is 155 cm³/mol. The first-order valence-electron chi connectivity index (χ1n) is 14.1. The molecule has 6 heterocycles. The molecule has 4 aromatic rings. The fraction of sp³-hybridized carbons (Fsp3) is 0.435. The molecule has 0 aromatic carbocycles. The van der Waals surface area contributed by atoms with Crippen LogP contribution in [-0.2, 0) is 41.1 Å². The quantitative estimate of drug-likeness (QED) is 0.0531. The Morgan fingerprint density at radius 1 is 0.980 bits per heavy atom. The van der Waals surface area contributed by atoms with Crippen LogP contribution in [0.3, 0.4) is 0 Å². The van der Waals surface area contributed by atoms with Crippen molar-refractivity contribution in [1.82, 2.24) is 23.9 Å². The van der Waals surface area contributed by atoms with Crippen LogP contribution in [0.15, 0.2) is 49.6 Å². The Hall–Kier alpha value is -3.12. The van der Waals surface area contributed by atoms with E-state index in [0.717, 1.165) is 10.9 Å². The number of phosphoric acid groups is 3. The molecule has 0 saturated carbocycles. The van der Waals surface area contributed by atoms with Crippen LogP contribution in [0.2, 0.25) is 0 Å². The molecule has 2 aliphatic rings. The minimum Gasteiger partial charge on any atom is -0.756 e. The molecule has 0 bridgehead atoms. The van der Waals surface area contributed by atoms with Gasteiger partial charge in [-0.05, 0) is 6.07 Å². The van der Waals surface area contributed by atoms with Crippen molar-refractivity contribution >= 4 is 46.2 Å². The van der Waals surface area contributed by atoms with Gasteiger partial charge in [-0.3, -0.25) is 27.4 Å². The summed E-state index contributed by atoms with van der Waals surface area (Å²) in [4.78, 5) is 65.6. The van der Waals surface area contributed by atoms with Gasteiger partial charge < -0.3 is 54.6 Å². The molecule has 27 heteroatoms. The number of hydrogen-bond donors (Lipinski definition) is 7. The number of amides is 1. The number of fused-ring (bicyclic) bond motifs is 3. The maximum Gasteiger partial charge on any atom is 0.478 e. The number of pyridine rings is 1. The Morgan fingerprint density at radius 3 is 2.42 bits per heavy atom. The number of nitrogens with zero attached hydrogens (tertiary/aromatic N) is 6. The van der Waals surface area contributed by atoms with Gasteiger partial charge in [-0.2, -0.15) is 4.57 Å². The van der Waals surface area contributed by atoms with Crippen LogP contribution in [0.1, 0.15) is 22.8 Å². The smallest absolute Gasteiger partial charge is 0.478 e. The minimum absolute atomic E-state index is 0.0382. The van der Waals surface area contributed by atoms with Gasteiger partial charge in [-0.1, -0.05) is 0 Å². The maximum atomic E-state index is 12.5. The number of ether oxygens (including phenoxy) is 2. The molecule has 2 unspecified atom stereocenters. The van der Waals surface area contributed by atoms with Crippen molar-refractivity contribution in [3.05, 3.63) is 55.1 Å². The summed E-state index contributed by atoms with van der Waals surface area (Å²) in [5.74, 6) is -0.793. The molecule has 10 atom stereocenters. The summed E-state index contributed by atoms with van der Waals surface area (Å²) in [7, 11) is -16.6. The first kappa shape index (κ1) is 36.7. The monoisotopic (exact) mass is 767 g/mol. The van der Waals surface area contributed by atoms with Crippen molar-refractivity contribution in [3.8, 4) is 0 Å². The number of carbonyl (C=O) groups excluding carboxylic acids is 1. The summed E-state index contributed by atoms with van der Waals surface area (Å²) in [5.41, 5.74) is 5.97. The Morgan fingerprint density at radius 2 is 1.70 bits per heavy atom. The van der Waals surface area contributed by atoms with E-state index in [1.165, 1.54) is 46.0 Å². The number of hydrogen-bond acceptors (Lipinski definition) is 17. The molecule has 2 saturated heterocycles. The van der Waals surface area contributed by atoms with Gasteiger partial charge in [0.25, 0.3) is 20.0 Å². The van der Waals surface area contributed by atoms with Gasteiger partial charge in [0.05, 0.1) is 19.5 Å². The van der Waals surface area contributed by atoms with Crippen LogP contribution in [0.25, 0.3) is 16.8 Å². The van der Waals surface area contributed by atoms with Gasteiger partial charge in [0.1, 0.15) is 42.4 Å². The topological polar surface area (TPSA) is 346 Å². The highest BCUT2D eigenvalue weighted by Gasteiger charge is 2.51. The lowest BCUT2D eigenvalue weighted by Gasteiger charge is -2.26. The molecule has 0 radical (unpaired) electrons. The van der Waals surface area contributed by atoms with E-state index in [2.05, 4.69) is 28.3 Å². The fourth-order valence-electron chi connectivity index (χ4n) is 5.30. The number of imidazole rings is 2. The first-order chi connectivity index (χ1) is 23.4. The summed E-state index contributed by atoms with van der Waals surface area (Å²) < 4.78 is 70.0. The predicted octanol–water partition coefficient (Wildman–Crippen LogP) is -2.86. The molecular formula is C23H28N7O17P3. The van der Waals surface area contributed by atoms with E-state index in [-0.39, 0.29) is 16.7 Å². The van der Waals surface area contributed by atoms with E-state index >= 15 is 0 Å². The number of aliphatic hydroxyl groups excluding tert-OH is 3. The summed E-state index contributed by atoms with van der Waals surface area (Å²) in [6.07, 6.45) is -5.04. The van der Waals surface area contributed by atoms with Crippen molar-refractivity contribution in [2.45, 2.75) is 49.1 Å². The van der Waals surface area contributed by atoms with Crippen molar-refractivity contribution in [2.24, 2.45) is 5.73 Å². The van der Waals surface area contributed by atoms with Crippen molar-refractivity contribution in [3.63, 3.8) is 0 Å². The number of primary amides is 1. The molecule has 6 rings (SSSR count). The second kappa shape index (κ2) is 13.8. The molecule has 272 valence electrons. The molecule has 24 nitrogen and oxygen atoms in total. The SMILES string of the molecule is NC(=O)c1ccc[n+]([C@@H]2O[C@H](COP(=O)(O)OP(=O)([O-])OC[C@H]3O[C@@H](n4cnc5c4ncn4ccnc54)[C@H](OP(=O)(O)O)[C@@H]3O)[C@@H](O)[C@H]2O)c1. The molecule has 2 fully saturated rings. The second-order valence-electron chi connectivity index (χ2n) is 10.9. The highest BCUT2D eigenvalue weighted by Crippen LogP contribution is 2.58. The van der Waals surface area contributed by atoms with Crippen LogP contribution in [0.4, 0.5) is 0 Å². The Balaban J connectivity index is 1.09. The van der Waals surface area contributed by atoms with Gasteiger partial charge in [0.2, 0.25) is 0 Å². The van der Waals surface area contributed by atoms with E-state index in [4.69, 9.17) is 19.7 Å². The Bertz CT molecular complexity index is 2040. The third-order valence-electron chi connectivity index (χ3n) is 7.54. The van der Waals surface area contributed by atoms with Crippen LogP contribution < -0.4 is 15.2 Å². The van der Waals surface area contributed by atoms with Crippen molar-refractivity contribution in [2.75, 3.05) is 13.2 Å². The van der Waals surface area contributed by atoms with Gasteiger partial charge in [-0.15, -0.1) is 0 Å². The lowest BCUT2D eigenvalue weighted by atomic mass is 10.1. The summed E-state index contributed by atoms with van der Waals surface area (Å²) >= 11 is 0. The molecule has 8 N–H and O–H groups in total. The zero-order chi connectivity index (χ0) is 36.2. The average molecular weight is 767 g/mol. The molecule has 1 amide bonds. The zero-order valence-corrected chi connectivity index (χ0v) is 27.6. The van der Waals surface area contributed by atoms with E-state index in [0.29, 0.717) is 5.65 Å². The van der Waals surface area contributed by atoms with Gasteiger partial charge in [0, 0.05) is 18.5 Å². The summed E-state index contributed by atoms with van der Waals surface area (Å²) in [6.45, 7) is -2.10. The molecule has 4 aromatic heterocycles. The molecular weight excluding hydrogens is 739 g/mol. The fourth-order valence-corrected chi connectivity index (χ4v) is 7.90. The maximum absolute atomic E-state index is 12.5. The number of aliphatic hydroxyl groups is 3. The largest absolute Gasteiger partial charge is 0.756 e. The summed E-state index contributed by atoms with van der Waals surface area (Å²) in [6, 6.07) is 2.79. The molecule has 0 aliphatic carbocycles. The summed E-state index contributed by atoms with van der Waals surface area (Å²) in [5, 5.41) is 31.6. The number of carbonyl (C=O) groups is 1. The Kier molecular flexibility index (Phi) is 10.1. The Labute approximate surface area is 278 Å². The number of rotatable bonds is 13. The molecule has 50 heavy (non-hydrogen) atoms. The number of nitrogens with two attached hydrogens (primary N) is 1. The minimum atomic E-state index is -5.77. The third kappa shape index (κ3) is 7.71. The van der Waals surface area contributed by atoms with E-state index in [1.54, 1.807) is 6.20 Å². The number of phosphoric ester groups is 3. The van der Waals surface area contributed by atoms with E-state index in [1.807, 2.05) is 0 Å².